The summed E-state index contributed by atoms with van der Waals surface area (Å²) < 4.78 is 25.9. The molecule has 0 aliphatic carbocycles. The summed E-state index contributed by atoms with van der Waals surface area (Å²) in [6.07, 6.45) is -2.17. The van der Waals surface area contributed by atoms with Crippen molar-refractivity contribution in [2.75, 3.05) is 11.9 Å². The molecule has 0 amide bonds. The van der Waals surface area contributed by atoms with Crippen LogP contribution in [0.3, 0.4) is 0 Å². The number of nitrogens with one attached hydrogen (secondary N) is 1. The minimum Gasteiger partial charge on any atom is -0.384 e. The third kappa shape index (κ3) is 3.94. The van der Waals surface area contributed by atoms with Crippen molar-refractivity contribution in [3.63, 3.8) is 0 Å². The van der Waals surface area contributed by atoms with Gasteiger partial charge in [0.2, 0.25) is 0 Å². The zero-order chi connectivity index (χ0) is 15.4. The molecule has 0 radical (unpaired) electrons. The second-order valence-corrected chi connectivity index (χ2v) is 5.43. The maximum atomic E-state index is 13.0. The number of halogens is 2. The number of thiazole rings is 1. The molecular weight excluding hydrogens is 300 g/mol. The van der Waals surface area contributed by atoms with Gasteiger partial charge in [0.25, 0.3) is 12.1 Å². The fourth-order valence-electron chi connectivity index (χ4n) is 1.85. The SMILES string of the molecule is Cc1nc(CCNc2ccc([N+](=O)[O-])cc2C(F)F)cs1. The Balaban J connectivity index is 2.06. The first-order valence-electron chi connectivity index (χ1n) is 6.18. The molecule has 1 aromatic carbocycles. The Bertz CT molecular complexity index is 646. The Labute approximate surface area is 123 Å². The third-order valence-corrected chi connectivity index (χ3v) is 3.67. The highest BCUT2D eigenvalue weighted by molar-refractivity contribution is 7.09. The number of non-ortho nitro benzene ring substituents is 1. The topological polar surface area (TPSA) is 68.1 Å². The number of aromatic nitrogens is 1. The lowest BCUT2D eigenvalue weighted by Crippen LogP contribution is -2.08. The van der Waals surface area contributed by atoms with Crippen LogP contribution < -0.4 is 5.32 Å². The molecule has 0 saturated carbocycles. The van der Waals surface area contributed by atoms with Crippen molar-refractivity contribution in [3.8, 4) is 0 Å². The van der Waals surface area contributed by atoms with E-state index in [9.17, 15) is 18.9 Å². The van der Waals surface area contributed by atoms with Gasteiger partial charge >= 0.3 is 0 Å². The zero-order valence-corrected chi connectivity index (χ0v) is 12.0. The lowest BCUT2D eigenvalue weighted by atomic mass is 10.1. The normalized spacial score (nSPS) is 10.9. The molecule has 0 unspecified atom stereocenters. The largest absolute Gasteiger partial charge is 0.384 e. The molecular formula is C13H13F2N3O2S. The van der Waals surface area contributed by atoms with Gasteiger partial charge in [-0.25, -0.2) is 13.8 Å². The molecule has 0 aliphatic rings. The van der Waals surface area contributed by atoms with E-state index in [1.165, 1.54) is 23.5 Å². The summed E-state index contributed by atoms with van der Waals surface area (Å²) in [4.78, 5) is 14.2. The summed E-state index contributed by atoms with van der Waals surface area (Å²) in [6.45, 7) is 2.33. The molecule has 0 fully saturated rings. The van der Waals surface area contributed by atoms with E-state index in [0.29, 0.717) is 13.0 Å². The van der Waals surface area contributed by atoms with Gasteiger partial charge in [-0.1, -0.05) is 0 Å². The molecule has 8 heteroatoms. The van der Waals surface area contributed by atoms with Gasteiger partial charge in [-0.05, 0) is 13.0 Å². The number of nitrogens with zero attached hydrogens (tertiary/aromatic N) is 2. The molecule has 112 valence electrons. The summed E-state index contributed by atoms with van der Waals surface area (Å²) in [5.74, 6) is 0. The van der Waals surface area contributed by atoms with Crippen LogP contribution in [0.2, 0.25) is 0 Å². The average Bonchev–Trinajstić information content (AvgIpc) is 2.84. The zero-order valence-electron chi connectivity index (χ0n) is 11.2. The summed E-state index contributed by atoms with van der Waals surface area (Å²) in [5.41, 5.74) is 0.401. The molecule has 0 spiro atoms. The Kier molecular flexibility index (Phi) is 4.79. The van der Waals surface area contributed by atoms with E-state index in [2.05, 4.69) is 10.3 Å². The van der Waals surface area contributed by atoms with Crippen molar-refractivity contribution in [2.45, 2.75) is 19.8 Å². The Morgan fingerprint density at radius 3 is 2.81 bits per heavy atom. The van der Waals surface area contributed by atoms with Gasteiger partial charge in [-0.15, -0.1) is 11.3 Å². The van der Waals surface area contributed by atoms with E-state index in [0.717, 1.165) is 16.8 Å². The van der Waals surface area contributed by atoms with Crippen molar-refractivity contribution in [3.05, 3.63) is 50.0 Å². The van der Waals surface area contributed by atoms with E-state index in [4.69, 9.17) is 0 Å². The quantitative estimate of drug-likeness (QED) is 0.647. The van der Waals surface area contributed by atoms with E-state index in [1.807, 2.05) is 12.3 Å². The van der Waals surface area contributed by atoms with Crippen LogP contribution in [0, 0.1) is 17.0 Å². The molecule has 5 nitrogen and oxygen atoms in total. The van der Waals surface area contributed by atoms with Crippen LogP contribution in [0.25, 0.3) is 0 Å². The van der Waals surface area contributed by atoms with Crippen molar-refractivity contribution >= 4 is 22.7 Å². The fourth-order valence-corrected chi connectivity index (χ4v) is 2.50. The molecule has 0 aliphatic heterocycles. The van der Waals surface area contributed by atoms with Gasteiger partial charge in [0, 0.05) is 41.7 Å². The first-order valence-corrected chi connectivity index (χ1v) is 7.06. The van der Waals surface area contributed by atoms with Crippen molar-refractivity contribution in [2.24, 2.45) is 0 Å². The van der Waals surface area contributed by atoms with E-state index in [1.54, 1.807) is 0 Å². The Morgan fingerprint density at radius 1 is 1.48 bits per heavy atom. The van der Waals surface area contributed by atoms with Crippen LogP contribution >= 0.6 is 11.3 Å². The smallest absolute Gasteiger partial charge is 0.270 e. The minimum atomic E-state index is -2.77. The second kappa shape index (κ2) is 6.57. The molecule has 2 aromatic rings. The first-order chi connectivity index (χ1) is 9.97. The molecule has 1 aromatic heterocycles. The maximum Gasteiger partial charge on any atom is 0.270 e. The van der Waals surface area contributed by atoms with Crippen LogP contribution in [-0.4, -0.2) is 16.5 Å². The van der Waals surface area contributed by atoms with Crippen molar-refractivity contribution in [1.29, 1.82) is 0 Å². The maximum absolute atomic E-state index is 13.0. The van der Waals surface area contributed by atoms with Gasteiger partial charge in [0.15, 0.2) is 0 Å². The number of hydrogen-bond donors (Lipinski definition) is 1. The average molecular weight is 313 g/mol. The number of nitro groups is 1. The highest BCUT2D eigenvalue weighted by Gasteiger charge is 2.17. The number of rotatable bonds is 6. The number of aryl methyl sites for hydroxylation is 1. The van der Waals surface area contributed by atoms with Gasteiger partial charge in [-0.3, -0.25) is 10.1 Å². The van der Waals surface area contributed by atoms with Gasteiger partial charge < -0.3 is 5.32 Å². The molecule has 1 N–H and O–H groups in total. The van der Waals surface area contributed by atoms with Gasteiger partial charge in [0.05, 0.1) is 15.6 Å². The summed E-state index contributed by atoms with van der Waals surface area (Å²) in [6, 6.07) is 3.42. The summed E-state index contributed by atoms with van der Waals surface area (Å²) in [5, 5.41) is 16.4. The number of benzene rings is 1. The summed E-state index contributed by atoms with van der Waals surface area (Å²) in [7, 11) is 0. The molecule has 0 saturated heterocycles. The van der Waals surface area contributed by atoms with Gasteiger partial charge in [-0.2, -0.15) is 0 Å². The van der Waals surface area contributed by atoms with E-state index in [-0.39, 0.29) is 16.9 Å². The lowest BCUT2D eigenvalue weighted by molar-refractivity contribution is -0.385. The van der Waals surface area contributed by atoms with Crippen LogP contribution in [0.4, 0.5) is 20.2 Å². The van der Waals surface area contributed by atoms with E-state index >= 15 is 0 Å². The standard InChI is InChI=1S/C13H13F2N3O2S/c1-8-17-9(7-21-8)4-5-16-12-3-2-10(18(19)20)6-11(12)13(14)15/h2-3,6-7,13,16H,4-5H2,1H3. The predicted octanol–water partition coefficient (Wildman–Crippen LogP) is 3.95. The number of anilines is 1. The molecule has 0 bridgehead atoms. The van der Waals surface area contributed by atoms with Crippen LogP contribution in [0.1, 0.15) is 22.7 Å². The lowest BCUT2D eigenvalue weighted by Gasteiger charge is -2.10. The van der Waals surface area contributed by atoms with Crippen molar-refractivity contribution < 1.29 is 13.7 Å². The monoisotopic (exact) mass is 313 g/mol. The molecule has 0 atom stereocenters. The fraction of sp³-hybridized carbons (Fsp3) is 0.308. The third-order valence-electron chi connectivity index (χ3n) is 2.84. The van der Waals surface area contributed by atoms with Gasteiger partial charge in [0.1, 0.15) is 0 Å². The second-order valence-electron chi connectivity index (χ2n) is 4.36. The number of alkyl halides is 2. The molecule has 1 heterocycles. The van der Waals surface area contributed by atoms with Crippen LogP contribution in [0.15, 0.2) is 23.6 Å². The summed E-state index contributed by atoms with van der Waals surface area (Å²) >= 11 is 1.53. The number of hydrogen-bond acceptors (Lipinski definition) is 5. The molecule has 2 rings (SSSR count). The highest BCUT2D eigenvalue weighted by Crippen LogP contribution is 2.30. The molecule has 21 heavy (non-hydrogen) atoms. The first kappa shape index (κ1) is 15.3. The number of nitro benzene ring substituents is 1. The van der Waals surface area contributed by atoms with Crippen LogP contribution in [0.5, 0.6) is 0 Å². The van der Waals surface area contributed by atoms with E-state index < -0.39 is 11.3 Å². The van der Waals surface area contributed by atoms with Crippen LogP contribution in [-0.2, 0) is 6.42 Å². The highest BCUT2D eigenvalue weighted by atomic mass is 32.1. The Morgan fingerprint density at radius 2 is 2.24 bits per heavy atom. The minimum absolute atomic E-state index is 0.211. The van der Waals surface area contributed by atoms with Crippen molar-refractivity contribution in [1.82, 2.24) is 4.98 Å². The Hall–Kier alpha value is -2.09. The predicted molar refractivity (Wildman–Crippen MR) is 77.1 cm³/mol.